The highest BCUT2D eigenvalue weighted by molar-refractivity contribution is 5.89. The van der Waals surface area contributed by atoms with Gasteiger partial charge >= 0.3 is 0 Å². The van der Waals surface area contributed by atoms with E-state index < -0.39 is 11.6 Å². The molecule has 0 spiro atoms. The molecular formula is C12H12F2O. The minimum atomic E-state index is -0.444. The Labute approximate surface area is 87.1 Å². The number of carbonyl (C=O) groups is 1. The highest BCUT2D eigenvalue weighted by Crippen LogP contribution is 2.42. The van der Waals surface area contributed by atoms with Crippen LogP contribution in [0.1, 0.15) is 31.2 Å². The molecule has 0 aliphatic heterocycles. The summed E-state index contributed by atoms with van der Waals surface area (Å²) in [7, 11) is 0. The summed E-state index contributed by atoms with van der Waals surface area (Å²) < 4.78 is 26.3. The normalized spacial score (nSPS) is 25.1. The Morgan fingerprint density at radius 2 is 2.13 bits per heavy atom. The first-order valence-electron chi connectivity index (χ1n) is 5.11. The molecule has 1 aliphatic rings. The Hall–Kier alpha value is -1.25. The predicted molar refractivity (Wildman–Crippen MR) is 52.5 cm³/mol. The Kier molecular flexibility index (Phi) is 2.55. The van der Waals surface area contributed by atoms with E-state index in [4.69, 9.17) is 0 Å². The zero-order chi connectivity index (χ0) is 11.0. The molecule has 80 valence electrons. The van der Waals surface area contributed by atoms with Crippen LogP contribution in [0.5, 0.6) is 0 Å². The van der Waals surface area contributed by atoms with Crippen molar-refractivity contribution in [1.29, 1.82) is 0 Å². The smallest absolute Gasteiger partial charge is 0.137 e. The van der Waals surface area contributed by atoms with Gasteiger partial charge in [-0.2, -0.15) is 0 Å². The molecule has 0 amide bonds. The topological polar surface area (TPSA) is 17.1 Å². The average molecular weight is 210 g/mol. The lowest BCUT2D eigenvalue weighted by atomic mass is 9.67. The number of rotatable bonds is 2. The molecule has 1 aromatic rings. The second kappa shape index (κ2) is 3.72. The van der Waals surface area contributed by atoms with Crippen molar-refractivity contribution in [2.45, 2.75) is 25.7 Å². The summed E-state index contributed by atoms with van der Waals surface area (Å²) in [5.74, 6) is -0.946. The largest absolute Gasteiger partial charge is 0.299 e. The van der Waals surface area contributed by atoms with Crippen LogP contribution in [0.4, 0.5) is 8.78 Å². The molecule has 1 aliphatic carbocycles. The van der Waals surface area contributed by atoms with Crippen LogP contribution in [0.25, 0.3) is 0 Å². The van der Waals surface area contributed by atoms with E-state index in [2.05, 4.69) is 0 Å². The van der Waals surface area contributed by atoms with Gasteiger partial charge in [0.1, 0.15) is 17.4 Å². The van der Waals surface area contributed by atoms with Crippen molar-refractivity contribution in [3.05, 3.63) is 35.4 Å². The van der Waals surface area contributed by atoms with E-state index in [1.165, 1.54) is 6.07 Å². The number of halogens is 2. The number of ketones is 1. The van der Waals surface area contributed by atoms with Crippen LogP contribution in [-0.4, -0.2) is 5.78 Å². The predicted octanol–water partition coefficient (Wildman–Crippen LogP) is 3.05. The molecule has 1 fully saturated rings. The van der Waals surface area contributed by atoms with Crippen molar-refractivity contribution >= 4 is 5.78 Å². The van der Waals surface area contributed by atoms with Crippen molar-refractivity contribution in [2.24, 2.45) is 5.92 Å². The molecule has 2 rings (SSSR count). The summed E-state index contributed by atoms with van der Waals surface area (Å²) in [6.07, 6.45) is 1.04. The Bertz CT molecular complexity index is 401. The standard InChI is InChI=1S/C12H12F2O/c1-2-8-9(6-12(8)15)10-5-7(13)3-4-11(10)14/h3-5,8-9H,2,6H2,1H3. The summed E-state index contributed by atoms with van der Waals surface area (Å²) in [5.41, 5.74) is 0.349. The zero-order valence-electron chi connectivity index (χ0n) is 8.47. The molecule has 1 saturated carbocycles. The van der Waals surface area contributed by atoms with Gasteiger partial charge in [-0.05, 0) is 30.2 Å². The third-order valence-electron chi connectivity index (χ3n) is 3.12. The summed E-state index contributed by atoms with van der Waals surface area (Å²) in [5, 5.41) is 0. The summed E-state index contributed by atoms with van der Waals surface area (Å²) >= 11 is 0. The van der Waals surface area contributed by atoms with Gasteiger partial charge in [-0.3, -0.25) is 4.79 Å². The van der Waals surface area contributed by atoms with Crippen molar-refractivity contribution in [2.75, 3.05) is 0 Å². The molecule has 15 heavy (non-hydrogen) atoms. The molecule has 0 bridgehead atoms. The summed E-state index contributed by atoms with van der Waals surface area (Å²) in [6.45, 7) is 1.89. The molecule has 0 radical (unpaired) electrons. The van der Waals surface area contributed by atoms with E-state index in [0.29, 0.717) is 18.4 Å². The van der Waals surface area contributed by atoms with Crippen LogP contribution >= 0.6 is 0 Å². The van der Waals surface area contributed by atoms with Crippen LogP contribution in [0.3, 0.4) is 0 Å². The highest BCUT2D eigenvalue weighted by atomic mass is 19.1. The number of hydrogen-bond donors (Lipinski definition) is 0. The minimum absolute atomic E-state index is 0.124. The number of carbonyl (C=O) groups excluding carboxylic acids is 1. The van der Waals surface area contributed by atoms with Crippen LogP contribution in [0.15, 0.2) is 18.2 Å². The molecule has 0 saturated heterocycles. The summed E-state index contributed by atoms with van der Waals surface area (Å²) in [4.78, 5) is 11.2. The molecule has 2 atom stereocenters. The van der Waals surface area contributed by atoms with E-state index in [1.54, 1.807) is 0 Å². The fourth-order valence-electron chi connectivity index (χ4n) is 2.21. The molecular weight excluding hydrogens is 198 g/mol. The fraction of sp³-hybridized carbons (Fsp3) is 0.417. The first-order valence-corrected chi connectivity index (χ1v) is 5.11. The van der Waals surface area contributed by atoms with Gasteiger partial charge in [-0.1, -0.05) is 6.92 Å². The third-order valence-corrected chi connectivity index (χ3v) is 3.12. The van der Waals surface area contributed by atoms with Gasteiger partial charge in [0.05, 0.1) is 0 Å². The lowest BCUT2D eigenvalue weighted by Crippen LogP contribution is -2.35. The second-order valence-corrected chi connectivity index (χ2v) is 3.96. The monoisotopic (exact) mass is 210 g/mol. The minimum Gasteiger partial charge on any atom is -0.299 e. The van der Waals surface area contributed by atoms with Crippen LogP contribution in [0, 0.1) is 17.6 Å². The van der Waals surface area contributed by atoms with Crippen molar-refractivity contribution in [1.82, 2.24) is 0 Å². The first kappa shape index (κ1) is 10.3. The van der Waals surface area contributed by atoms with E-state index in [0.717, 1.165) is 12.1 Å². The van der Waals surface area contributed by atoms with Crippen LogP contribution in [0.2, 0.25) is 0 Å². The molecule has 0 N–H and O–H groups in total. The maximum atomic E-state index is 13.4. The Morgan fingerprint density at radius 3 is 2.73 bits per heavy atom. The van der Waals surface area contributed by atoms with Gasteiger partial charge < -0.3 is 0 Å². The molecule has 0 aromatic heterocycles. The first-order chi connectivity index (χ1) is 7.13. The zero-order valence-corrected chi connectivity index (χ0v) is 8.47. The SMILES string of the molecule is CCC1C(=O)CC1c1cc(F)ccc1F. The quantitative estimate of drug-likeness (QED) is 0.733. The highest BCUT2D eigenvalue weighted by Gasteiger charge is 2.40. The molecule has 1 nitrogen and oxygen atoms in total. The second-order valence-electron chi connectivity index (χ2n) is 3.96. The van der Waals surface area contributed by atoms with Crippen LogP contribution < -0.4 is 0 Å². The van der Waals surface area contributed by atoms with Gasteiger partial charge in [0.15, 0.2) is 0 Å². The van der Waals surface area contributed by atoms with Gasteiger partial charge in [0, 0.05) is 18.3 Å². The van der Waals surface area contributed by atoms with Crippen molar-refractivity contribution < 1.29 is 13.6 Å². The number of hydrogen-bond acceptors (Lipinski definition) is 1. The lowest BCUT2D eigenvalue weighted by Gasteiger charge is -2.34. The van der Waals surface area contributed by atoms with E-state index in [-0.39, 0.29) is 17.6 Å². The van der Waals surface area contributed by atoms with Gasteiger partial charge in [-0.15, -0.1) is 0 Å². The van der Waals surface area contributed by atoms with Gasteiger partial charge in [0.25, 0.3) is 0 Å². The number of Topliss-reactive ketones (excluding diaryl/α,β-unsaturated/α-hetero) is 1. The van der Waals surface area contributed by atoms with Crippen molar-refractivity contribution in [3.63, 3.8) is 0 Å². The Morgan fingerprint density at radius 1 is 1.40 bits per heavy atom. The van der Waals surface area contributed by atoms with Gasteiger partial charge in [-0.25, -0.2) is 8.78 Å². The Balaban J connectivity index is 2.30. The van der Waals surface area contributed by atoms with Gasteiger partial charge in [0.2, 0.25) is 0 Å². The average Bonchev–Trinajstić information content (AvgIpc) is 2.19. The molecule has 2 unspecified atom stereocenters. The van der Waals surface area contributed by atoms with E-state index >= 15 is 0 Å². The summed E-state index contributed by atoms with van der Waals surface area (Å²) in [6, 6.07) is 3.43. The maximum Gasteiger partial charge on any atom is 0.137 e. The maximum absolute atomic E-state index is 13.4. The lowest BCUT2D eigenvalue weighted by molar-refractivity contribution is -0.131. The molecule has 0 heterocycles. The third kappa shape index (κ3) is 1.66. The van der Waals surface area contributed by atoms with E-state index in [9.17, 15) is 13.6 Å². The molecule has 3 heteroatoms. The van der Waals surface area contributed by atoms with Crippen LogP contribution in [-0.2, 0) is 4.79 Å². The fourth-order valence-corrected chi connectivity index (χ4v) is 2.21. The molecule has 1 aromatic carbocycles. The van der Waals surface area contributed by atoms with Crippen molar-refractivity contribution in [3.8, 4) is 0 Å². The van der Waals surface area contributed by atoms with E-state index in [1.807, 2.05) is 6.92 Å². The number of benzene rings is 1.